The van der Waals surface area contributed by atoms with Crippen LogP contribution in [0.3, 0.4) is 0 Å². The third-order valence-electron chi connectivity index (χ3n) is 3.79. The molecule has 0 aliphatic carbocycles. The van der Waals surface area contributed by atoms with E-state index < -0.39 is 0 Å². The fourth-order valence-electron chi connectivity index (χ4n) is 2.70. The van der Waals surface area contributed by atoms with Crippen molar-refractivity contribution in [2.45, 2.75) is 77.8 Å². The second-order valence-electron chi connectivity index (χ2n) is 5.71. The van der Waals surface area contributed by atoms with Crippen LogP contribution in [0.5, 0.6) is 0 Å². The van der Waals surface area contributed by atoms with Gasteiger partial charge in [0.05, 0.1) is 0 Å². The maximum Gasteiger partial charge on any atom is 0.222 e. The lowest BCUT2D eigenvalue weighted by molar-refractivity contribution is -0.133. The smallest absolute Gasteiger partial charge is 0.222 e. The minimum absolute atomic E-state index is 0.370. The highest BCUT2D eigenvalue weighted by atomic mass is 16.2. The number of nitrogens with one attached hydrogen (secondary N) is 1. The predicted molar refractivity (Wildman–Crippen MR) is 76.6 cm³/mol. The summed E-state index contributed by atoms with van der Waals surface area (Å²) in [6.45, 7) is 8.42. The molecule has 0 spiro atoms. The Morgan fingerprint density at radius 1 is 1.33 bits per heavy atom. The molecule has 0 aromatic heterocycles. The van der Waals surface area contributed by atoms with Crippen LogP contribution in [-0.2, 0) is 4.79 Å². The normalized spacial score (nSPS) is 21.1. The molecule has 1 N–H and O–H groups in total. The molecule has 1 fully saturated rings. The molecule has 1 saturated heterocycles. The van der Waals surface area contributed by atoms with E-state index >= 15 is 0 Å². The minimum atomic E-state index is 0.370. The van der Waals surface area contributed by atoms with Gasteiger partial charge in [-0.2, -0.15) is 0 Å². The van der Waals surface area contributed by atoms with Crippen molar-refractivity contribution in [2.75, 3.05) is 13.1 Å². The molecule has 1 unspecified atom stereocenters. The van der Waals surface area contributed by atoms with Gasteiger partial charge in [0, 0.05) is 25.0 Å². The van der Waals surface area contributed by atoms with E-state index in [1.54, 1.807) is 0 Å². The fourth-order valence-corrected chi connectivity index (χ4v) is 2.70. The number of rotatable bonds is 6. The minimum Gasteiger partial charge on any atom is -0.340 e. The van der Waals surface area contributed by atoms with Crippen LogP contribution in [0.2, 0.25) is 0 Å². The Bertz CT molecular complexity index is 241. The molecular formula is C15H30N2O. The Labute approximate surface area is 112 Å². The molecule has 18 heavy (non-hydrogen) atoms. The SMILES string of the molecule is CCC1CCCCCN1C(=O)CCCNC(C)C. The molecule has 1 heterocycles. The standard InChI is InChI=1S/C15H30N2O/c1-4-14-9-6-5-7-12-17(14)15(18)10-8-11-16-13(2)3/h13-14,16H,4-12H2,1-3H3. The second kappa shape index (κ2) is 8.52. The van der Waals surface area contributed by atoms with Gasteiger partial charge in [0.15, 0.2) is 0 Å². The second-order valence-corrected chi connectivity index (χ2v) is 5.71. The Hall–Kier alpha value is -0.570. The Morgan fingerprint density at radius 3 is 2.78 bits per heavy atom. The first kappa shape index (κ1) is 15.5. The van der Waals surface area contributed by atoms with Crippen molar-refractivity contribution < 1.29 is 4.79 Å². The van der Waals surface area contributed by atoms with Crippen molar-refractivity contribution in [3.8, 4) is 0 Å². The summed E-state index contributed by atoms with van der Waals surface area (Å²) in [5.74, 6) is 0.370. The van der Waals surface area contributed by atoms with Crippen molar-refractivity contribution in [3.05, 3.63) is 0 Å². The van der Waals surface area contributed by atoms with Crippen molar-refractivity contribution in [1.29, 1.82) is 0 Å². The van der Waals surface area contributed by atoms with Gasteiger partial charge in [-0.1, -0.05) is 33.6 Å². The van der Waals surface area contributed by atoms with E-state index in [9.17, 15) is 4.79 Å². The van der Waals surface area contributed by atoms with E-state index in [2.05, 4.69) is 31.0 Å². The van der Waals surface area contributed by atoms with Crippen LogP contribution >= 0.6 is 0 Å². The van der Waals surface area contributed by atoms with Crippen LogP contribution in [0.4, 0.5) is 0 Å². The third kappa shape index (κ3) is 5.38. The van der Waals surface area contributed by atoms with Gasteiger partial charge in [0.2, 0.25) is 5.91 Å². The van der Waals surface area contributed by atoms with Gasteiger partial charge in [-0.05, 0) is 32.2 Å². The molecule has 1 aliphatic rings. The highest BCUT2D eigenvalue weighted by molar-refractivity contribution is 5.76. The van der Waals surface area contributed by atoms with Crippen molar-refractivity contribution in [2.24, 2.45) is 0 Å². The molecule has 0 aromatic rings. The molecule has 0 radical (unpaired) electrons. The summed E-state index contributed by atoms with van der Waals surface area (Å²) in [7, 11) is 0. The zero-order valence-electron chi connectivity index (χ0n) is 12.4. The van der Waals surface area contributed by atoms with E-state index in [-0.39, 0.29) is 0 Å². The summed E-state index contributed by atoms with van der Waals surface area (Å²) in [6.07, 6.45) is 7.74. The molecule has 1 atom stereocenters. The molecule has 3 heteroatoms. The lowest BCUT2D eigenvalue weighted by atomic mass is 10.1. The van der Waals surface area contributed by atoms with Crippen molar-refractivity contribution >= 4 is 5.91 Å². The van der Waals surface area contributed by atoms with Crippen LogP contribution in [0.25, 0.3) is 0 Å². The Balaban J connectivity index is 2.33. The largest absolute Gasteiger partial charge is 0.340 e. The van der Waals surface area contributed by atoms with Crippen LogP contribution in [0.15, 0.2) is 0 Å². The number of hydrogen-bond donors (Lipinski definition) is 1. The first-order chi connectivity index (χ1) is 8.65. The van der Waals surface area contributed by atoms with Crippen molar-refractivity contribution in [3.63, 3.8) is 0 Å². The maximum absolute atomic E-state index is 12.3. The molecule has 0 bridgehead atoms. The number of amides is 1. The topological polar surface area (TPSA) is 32.3 Å². The molecule has 106 valence electrons. The summed E-state index contributed by atoms with van der Waals surface area (Å²) < 4.78 is 0. The first-order valence-corrected chi connectivity index (χ1v) is 7.68. The number of carbonyl (C=O) groups is 1. The van der Waals surface area contributed by atoms with Crippen LogP contribution < -0.4 is 5.32 Å². The molecule has 1 rings (SSSR count). The summed E-state index contributed by atoms with van der Waals surface area (Å²) in [5.41, 5.74) is 0. The van der Waals surface area contributed by atoms with E-state index in [0.29, 0.717) is 24.4 Å². The first-order valence-electron chi connectivity index (χ1n) is 7.68. The zero-order chi connectivity index (χ0) is 13.4. The monoisotopic (exact) mass is 254 g/mol. The molecule has 0 saturated carbocycles. The lowest BCUT2D eigenvalue weighted by Crippen LogP contribution is -2.39. The highest BCUT2D eigenvalue weighted by Gasteiger charge is 2.23. The number of hydrogen-bond acceptors (Lipinski definition) is 2. The molecule has 3 nitrogen and oxygen atoms in total. The maximum atomic E-state index is 12.3. The Kier molecular flexibility index (Phi) is 7.33. The Morgan fingerprint density at radius 2 is 2.11 bits per heavy atom. The molecular weight excluding hydrogens is 224 g/mol. The molecule has 1 aliphatic heterocycles. The van der Waals surface area contributed by atoms with Gasteiger partial charge in [-0.15, -0.1) is 0 Å². The summed E-state index contributed by atoms with van der Waals surface area (Å²) >= 11 is 0. The van der Waals surface area contributed by atoms with Gasteiger partial charge in [-0.3, -0.25) is 4.79 Å². The quantitative estimate of drug-likeness (QED) is 0.739. The molecule has 1 amide bonds. The molecule has 0 aromatic carbocycles. The van der Waals surface area contributed by atoms with Crippen molar-refractivity contribution in [1.82, 2.24) is 10.2 Å². The van der Waals surface area contributed by atoms with Gasteiger partial charge < -0.3 is 10.2 Å². The van der Waals surface area contributed by atoms with Gasteiger partial charge in [0.1, 0.15) is 0 Å². The van der Waals surface area contributed by atoms with E-state index in [0.717, 1.165) is 25.9 Å². The summed E-state index contributed by atoms with van der Waals surface area (Å²) in [4.78, 5) is 14.4. The average Bonchev–Trinajstić information content (AvgIpc) is 2.59. The number of carbonyl (C=O) groups excluding carboxylic acids is 1. The van der Waals surface area contributed by atoms with Crippen LogP contribution in [0.1, 0.15) is 65.7 Å². The van der Waals surface area contributed by atoms with Crippen LogP contribution in [-0.4, -0.2) is 36.0 Å². The third-order valence-corrected chi connectivity index (χ3v) is 3.79. The van der Waals surface area contributed by atoms with Crippen LogP contribution in [0, 0.1) is 0 Å². The number of nitrogens with zero attached hydrogens (tertiary/aromatic N) is 1. The van der Waals surface area contributed by atoms with E-state index in [1.165, 1.54) is 25.7 Å². The van der Waals surface area contributed by atoms with Gasteiger partial charge >= 0.3 is 0 Å². The lowest BCUT2D eigenvalue weighted by Gasteiger charge is -2.29. The highest BCUT2D eigenvalue weighted by Crippen LogP contribution is 2.20. The average molecular weight is 254 g/mol. The van der Waals surface area contributed by atoms with Gasteiger partial charge in [-0.25, -0.2) is 0 Å². The summed E-state index contributed by atoms with van der Waals surface area (Å²) in [6, 6.07) is 1.01. The summed E-state index contributed by atoms with van der Waals surface area (Å²) in [5, 5.41) is 3.37. The van der Waals surface area contributed by atoms with Gasteiger partial charge in [0.25, 0.3) is 0 Å². The predicted octanol–water partition coefficient (Wildman–Crippen LogP) is 2.95. The fraction of sp³-hybridized carbons (Fsp3) is 0.933. The van der Waals surface area contributed by atoms with E-state index in [4.69, 9.17) is 0 Å². The number of likely N-dealkylation sites (tertiary alicyclic amines) is 1. The zero-order valence-corrected chi connectivity index (χ0v) is 12.4. The van der Waals surface area contributed by atoms with E-state index in [1.807, 2.05) is 0 Å².